The Balaban J connectivity index is 2.44. The molecule has 2 aromatic rings. The third-order valence-corrected chi connectivity index (χ3v) is 4.50. The van der Waals surface area contributed by atoms with Gasteiger partial charge in [-0.3, -0.25) is 14.4 Å². The fourth-order valence-electron chi connectivity index (χ4n) is 3.04. The van der Waals surface area contributed by atoms with Crippen LogP contribution >= 0.6 is 0 Å². The van der Waals surface area contributed by atoms with E-state index in [1.165, 1.54) is 13.8 Å². The van der Waals surface area contributed by atoms with Crippen LogP contribution in [0.15, 0.2) is 30.3 Å². The van der Waals surface area contributed by atoms with Gasteiger partial charge in [0, 0.05) is 31.4 Å². The topological polar surface area (TPSA) is 69.7 Å². The first-order chi connectivity index (χ1) is 12.7. The lowest BCUT2D eigenvalue weighted by Gasteiger charge is -2.20. The standard InChI is InChI=1S/C22H24O5/c1-13-14(2)22(27-17(5)24)19(15(3)21(13)26-16(4)23)11-12-20(25)18-9-7-6-8-10-18/h6-10H,11-12H2,1-5H3. The number of Topliss-reactive ketones (excluding diaryl/α,β-unsaturated/α-hetero) is 1. The molecule has 0 amide bonds. The molecule has 0 radical (unpaired) electrons. The van der Waals surface area contributed by atoms with Crippen LogP contribution in [0.5, 0.6) is 11.5 Å². The van der Waals surface area contributed by atoms with Crippen molar-refractivity contribution in [3.05, 3.63) is 58.1 Å². The number of rotatable bonds is 6. The van der Waals surface area contributed by atoms with Crippen LogP contribution in [0.25, 0.3) is 0 Å². The van der Waals surface area contributed by atoms with E-state index in [2.05, 4.69) is 0 Å². The predicted molar refractivity (Wildman–Crippen MR) is 102 cm³/mol. The Kier molecular flexibility index (Phi) is 6.50. The van der Waals surface area contributed by atoms with E-state index >= 15 is 0 Å². The number of esters is 2. The average Bonchev–Trinajstić information content (AvgIpc) is 2.63. The van der Waals surface area contributed by atoms with Crippen LogP contribution in [0, 0.1) is 20.8 Å². The molecule has 0 aliphatic carbocycles. The third-order valence-electron chi connectivity index (χ3n) is 4.50. The fraction of sp³-hybridized carbons (Fsp3) is 0.318. The molecule has 0 spiro atoms. The molecule has 0 saturated heterocycles. The summed E-state index contributed by atoms with van der Waals surface area (Å²) in [4.78, 5) is 35.6. The summed E-state index contributed by atoms with van der Waals surface area (Å²) in [5.41, 5.74) is 3.48. The van der Waals surface area contributed by atoms with Gasteiger partial charge >= 0.3 is 11.9 Å². The lowest BCUT2D eigenvalue weighted by Crippen LogP contribution is -2.13. The molecule has 0 heterocycles. The van der Waals surface area contributed by atoms with Crippen molar-refractivity contribution in [2.75, 3.05) is 0 Å². The molecule has 0 bridgehead atoms. The molecular formula is C22H24O5. The normalized spacial score (nSPS) is 10.4. The van der Waals surface area contributed by atoms with Gasteiger partial charge in [0.15, 0.2) is 5.78 Å². The Labute approximate surface area is 159 Å². The van der Waals surface area contributed by atoms with Crippen LogP contribution in [0.4, 0.5) is 0 Å². The van der Waals surface area contributed by atoms with E-state index in [9.17, 15) is 14.4 Å². The van der Waals surface area contributed by atoms with Crippen molar-refractivity contribution in [1.29, 1.82) is 0 Å². The molecule has 5 nitrogen and oxygen atoms in total. The average molecular weight is 368 g/mol. The van der Waals surface area contributed by atoms with Crippen molar-refractivity contribution in [2.45, 2.75) is 47.5 Å². The highest BCUT2D eigenvalue weighted by Gasteiger charge is 2.22. The summed E-state index contributed by atoms with van der Waals surface area (Å²) < 4.78 is 10.8. The van der Waals surface area contributed by atoms with Gasteiger partial charge in [0.2, 0.25) is 0 Å². The summed E-state index contributed by atoms with van der Waals surface area (Å²) in [6.07, 6.45) is 0.624. The minimum absolute atomic E-state index is 0.00367. The van der Waals surface area contributed by atoms with Gasteiger partial charge in [0.05, 0.1) is 0 Å². The summed E-state index contributed by atoms with van der Waals surface area (Å²) in [6.45, 7) is 8.10. The molecule has 2 aromatic carbocycles. The number of hydrogen-bond donors (Lipinski definition) is 0. The van der Waals surface area contributed by atoms with Gasteiger partial charge in [-0.15, -0.1) is 0 Å². The molecule has 2 rings (SSSR count). The van der Waals surface area contributed by atoms with E-state index < -0.39 is 11.9 Å². The van der Waals surface area contributed by atoms with Crippen molar-refractivity contribution in [3.63, 3.8) is 0 Å². The van der Waals surface area contributed by atoms with Crippen molar-refractivity contribution < 1.29 is 23.9 Å². The van der Waals surface area contributed by atoms with Crippen LogP contribution in [0.1, 0.15) is 52.9 Å². The molecule has 0 aliphatic heterocycles. The second-order valence-electron chi connectivity index (χ2n) is 6.49. The monoisotopic (exact) mass is 368 g/mol. The van der Waals surface area contributed by atoms with E-state index in [0.29, 0.717) is 40.2 Å². The minimum Gasteiger partial charge on any atom is -0.426 e. The van der Waals surface area contributed by atoms with Gasteiger partial charge in [0.1, 0.15) is 11.5 Å². The summed E-state index contributed by atoms with van der Waals surface area (Å²) in [7, 11) is 0. The summed E-state index contributed by atoms with van der Waals surface area (Å²) in [5, 5.41) is 0. The van der Waals surface area contributed by atoms with Crippen LogP contribution in [0.3, 0.4) is 0 Å². The maximum Gasteiger partial charge on any atom is 0.308 e. The first-order valence-corrected chi connectivity index (χ1v) is 8.80. The highest BCUT2D eigenvalue weighted by atomic mass is 16.5. The van der Waals surface area contributed by atoms with E-state index in [0.717, 1.165) is 5.56 Å². The highest BCUT2D eigenvalue weighted by Crippen LogP contribution is 2.39. The zero-order valence-corrected chi connectivity index (χ0v) is 16.3. The zero-order valence-electron chi connectivity index (χ0n) is 16.3. The van der Waals surface area contributed by atoms with E-state index in [1.807, 2.05) is 32.0 Å². The smallest absolute Gasteiger partial charge is 0.308 e. The lowest BCUT2D eigenvalue weighted by molar-refractivity contribution is -0.133. The number of benzene rings is 2. The Morgan fingerprint density at radius 1 is 0.778 bits per heavy atom. The van der Waals surface area contributed by atoms with Crippen molar-refractivity contribution >= 4 is 17.7 Å². The molecule has 0 saturated carbocycles. The Bertz CT molecular complexity index is 882. The fourth-order valence-corrected chi connectivity index (χ4v) is 3.04. The van der Waals surface area contributed by atoms with Gasteiger partial charge in [-0.1, -0.05) is 30.3 Å². The molecule has 0 aliphatic rings. The van der Waals surface area contributed by atoms with Crippen LogP contribution in [0.2, 0.25) is 0 Å². The van der Waals surface area contributed by atoms with Gasteiger partial charge in [-0.2, -0.15) is 0 Å². The van der Waals surface area contributed by atoms with Crippen LogP contribution in [-0.4, -0.2) is 17.7 Å². The minimum atomic E-state index is -0.437. The quantitative estimate of drug-likeness (QED) is 0.432. The van der Waals surface area contributed by atoms with Gasteiger partial charge < -0.3 is 9.47 Å². The Morgan fingerprint density at radius 2 is 1.30 bits per heavy atom. The van der Waals surface area contributed by atoms with Gasteiger partial charge in [-0.05, 0) is 43.9 Å². The third kappa shape index (κ3) is 4.82. The first-order valence-electron chi connectivity index (χ1n) is 8.80. The number of ketones is 1. The largest absolute Gasteiger partial charge is 0.426 e. The maximum atomic E-state index is 12.5. The SMILES string of the molecule is CC(=O)Oc1c(C)c(C)c(OC(C)=O)c(CCC(=O)c2ccccc2)c1C. The van der Waals surface area contributed by atoms with Crippen molar-refractivity contribution in [3.8, 4) is 11.5 Å². The number of carbonyl (C=O) groups is 3. The van der Waals surface area contributed by atoms with E-state index in [-0.39, 0.29) is 12.2 Å². The number of carbonyl (C=O) groups excluding carboxylic acids is 3. The summed E-state index contributed by atoms with van der Waals surface area (Å²) >= 11 is 0. The van der Waals surface area contributed by atoms with Crippen LogP contribution in [-0.2, 0) is 16.0 Å². The molecule has 0 aromatic heterocycles. The van der Waals surface area contributed by atoms with Crippen molar-refractivity contribution in [2.24, 2.45) is 0 Å². The molecule has 0 atom stereocenters. The number of ether oxygens (including phenoxy) is 2. The van der Waals surface area contributed by atoms with Gasteiger partial charge in [-0.25, -0.2) is 0 Å². The second kappa shape index (κ2) is 8.62. The second-order valence-corrected chi connectivity index (χ2v) is 6.49. The molecule has 142 valence electrons. The molecule has 0 unspecified atom stereocenters. The Hall–Kier alpha value is -2.95. The first kappa shape index (κ1) is 20.4. The molecular weight excluding hydrogens is 344 g/mol. The van der Waals surface area contributed by atoms with Crippen LogP contribution < -0.4 is 9.47 Å². The van der Waals surface area contributed by atoms with E-state index in [4.69, 9.17) is 9.47 Å². The maximum absolute atomic E-state index is 12.5. The number of hydrogen-bond acceptors (Lipinski definition) is 5. The lowest BCUT2D eigenvalue weighted by atomic mass is 9.93. The van der Waals surface area contributed by atoms with Gasteiger partial charge in [0.25, 0.3) is 0 Å². The molecule has 0 fully saturated rings. The predicted octanol–water partition coefficient (Wildman–Crippen LogP) is 4.28. The Morgan fingerprint density at radius 3 is 1.85 bits per heavy atom. The molecule has 5 heteroatoms. The van der Waals surface area contributed by atoms with E-state index in [1.54, 1.807) is 19.1 Å². The summed E-state index contributed by atoms with van der Waals surface area (Å²) in [5.74, 6) is 0.0308. The molecule has 0 N–H and O–H groups in total. The highest BCUT2D eigenvalue weighted by molar-refractivity contribution is 5.96. The zero-order chi connectivity index (χ0) is 20.1. The summed E-state index contributed by atoms with van der Waals surface area (Å²) in [6, 6.07) is 9.03. The molecule has 27 heavy (non-hydrogen) atoms. The van der Waals surface area contributed by atoms with Crippen molar-refractivity contribution in [1.82, 2.24) is 0 Å².